The van der Waals surface area contributed by atoms with Crippen LogP contribution in [0.25, 0.3) is 0 Å². The molecule has 0 radical (unpaired) electrons. The molecule has 1 atom stereocenters. The first-order valence-corrected chi connectivity index (χ1v) is 11.0. The van der Waals surface area contributed by atoms with Gasteiger partial charge in [0.25, 0.3) is 0 Å². The van der Waals surface area contributed by atoms with E-state index in [9.17, 15) is 4.39 Å². The molecule has 29 heavy (non-hydrogen) atoms. The van der Waals surface area contributed by atoms with Crippen LogP contribution >= 0.6 is 0 Å². The van der Waals surface area contributed by atoms with Gasteiger partial charge in [-0.25, -0.2) is 9.38 Å². The number of nitrogens with zero attached hydrogens (tertiary/aromatic N) is 3. The van der Waals surface area contributed by atoms with Crippen molar-refractivity contribution >= 4 is 5.96 Å². The van der Waals surface area contributed by atoms with E-state index < -0.39 is 0 Å². The van der Waals surface area contributed by atoms with E-state index >= 15 is 0 Å². The van der Waals surface area contributed by atoms with Crippen LogP contribution in [0.3, 0.4) is 0 Å². The van der Waals surface area contributed by atoms with Crippen molar-refractivity contribution in [2.75, 3.05) is 58.9 Å². The predicted molar refractivity (Wildman–Crippen MR) is 118 cm³/mol. The maximum Gasteiger partial charge on any atom is 0.191 e. The molecule has 1 unspecified atom stereocenters. The molecule has 0 aliphatic carbocycles. The number of unbranched alkanes of at least 4 members (excludes halogenated alkanes) is 1. The van der Waals surface area contributed by atoms with E-state index in [2.05, 4.69) is 39.3 Å². The molecule has 7 heteroatoms. The zero-order valence-corrected chi connectivity index (χ0v) is 18.3. The topological polar surface area (TPSA) is 52.1 Å². The molecule has 1 fully saturated rings. The van der Waals surface area contributed by atoms with Crippen molar-refractivity contribution in [2.45, 2.75) is 39.7 Å². The Labute approximate surface area is 175 Å². The van der Waals surface area contributed by atoms with Crippen LogP contribution in [0.4, 0.5) is 4.39 Å². The predicted octanol–water partition coefficient (Wildman–Crippen LogP) is 2.57. The number of guanidine groups is 1. The van der Waals surface area contributed by atoms with E-state index in [0.717, 1.165) is 32.0 Å². The second-order valence-electron chi connectivity index (χ2n) is 7.52. The van der Waals surface area contributed by atoms with Crippen LogP contribution in [-0.4, -0.2) is 80.8 Å². The monoisotopic (exact) mass is 407 g/mol. The third kappa shape index (κ3) is 9.45. The summed E-state index contributed by atoms with van der Waals surface area (Å²) in [6.45, 7) is 15.6. The maximum atomic E-state index is 13.3. The summed E-state index contributed by atoms with van der Waals surface area (Å²) in [5.74, 6) is 1.05. The zero-order valence-electron chi connectivity index (χ0n) is 18.3. The number of nitrogens with one attached hydrogen (secondary N) is 2. The quantitative estimate of drug-likeness (QED) is 0.335. The van der Waals surface area contributed by atoms with Crippen LogP contribution in [0.15, 0.2) is 29.3 Å². The molecule has 0 aromatic heterocycles. The van der Waals surface area contributed by atoms with Crippen LogP contribution in [0.2, 0.25) is 0 Å². The highest BCUT2D eigenvalue weighted by Crippen LogP contribution is 2.13. The molecular formula is C22H38FN5O. The maximum absolute atomic E-state index is 13.3. The molecule has 1 heterocycles. The molecule has 0 amide bonds. The summed E-state index contributed by atoms with van der Waals surface area (Å²) in [6.07, 6.45) is 2.18. The molecule has 1 aliphatic rings. The number of hydrogen-bond acceptors (Lipinski definition) is 4. The minimum absolute atomic E-state index is 0.131. The van der Waals surface area contributed by atoms with E-state index in [-0.39, 0.29) is 11.9 Å². The molecule has 6 nitrogen and oxygen atoms in total. The Hall–Kier alpha value is -1.86. The highest BCUT2D eigenvalue weighted by atomic mass is 19.1. The molecule has 0 spiro atoms. The lowest BCUT2D eigenvalue weighted by atomic mass is 10.2. The smallest absolute Gasteiger partial charge is 0.191 e. The highest BCUT2D eigenvalue weighted by Gasteiger charge is 2.14. The summed E-state index contributed by atoms with van der Waals surface area (Å²) >= 11 is 0. The van der Waals surface area contributed by atoms with Crippen molar-refractivity contribution < 1.29 is 9.13 Å². The summed E-state index contributed by atoms with van der Waals surface area (Å²) in [4.78, 5) is 9.67. The van der Waals surface area contributed by atoms with Gasteiger partial charge in [0.15, 0.2) is 5.96 Å². The molecular weight excluding hydrogens is 369 g/mol. The number of piperazine rings is 1. The van der Waals surface area contributed by atoms with Crippen LogP contribution in [0.1, 0.15) is 33.6 Å². The van der Waals surface area contributed by atoms with Crippen molar-refractivity contribution in [3.63, 3.8) is 0 Å². The summed E-state index contributed by atoms with van der Waals surface area (Å²) in [5.41, 5.74) is 0. The first-order chi connectivity index (χ1) is 14.1. The molecule has 164 valence electrons. The van der Waals surface area contributed by atoms with Crippen LogP contribution < -0.4 is 15.4 Å². The minimum atomic E-state index is -0.291. The summed E-state index contributed by atoms with van der Waals surface area (Å²) in [5, 5.41) is 6.67. The first-order valence-electron chi connectivity index (χ1n) is 11.0. The third-order valence-electron chi connectivity index (χ3n) is 5.09. The van der Waals surface area contributed by atoms with Gasteiger partial charge >= 0.3 is 0 Å². The van der Waals surface area contributed by atoms with Crippen molar-refractivity contribution in [1.82, 2.24) is 20.4 Å². The fourth-order valence-corrected chi connectivity index (χ4v) is 3.37. The van der Waals surface area contributed by atoms with Gasteiger partial charge in [-0.3, -0.25) is 0 Å². The average Bonchev–Trinajstić information content (AvgIpc) is 2.72. The molecule has 1 saturated heterocycles. The van der Waals surface area contributed by atoms with Crippen LogP contribution in [0.5, 0.6) is 5.75 Å². The second kappa shape index (κ2) is 13.4. The van der Waals surface area contributed by atoms with Gasteiger partial charge in [0.05, 0.1) is 6.54 Å². The third-order valence-corrected chi connectivity index (χ3v) is 5.09. The summed E-state index contributed by atoms with van der Waals surface area (Å²) in [7, 11) is 0. The van der Waals surface area contributed by atoms with Gasteiger partial charge in [-0.15, -0.1) is 0 Å². The van der Waals surface area contributed by atoms with E-state index in [0.29, 0.717) is 12.3 Å². The summed E-state index contributed by atoms with van der Waals surface area (Å²) < 4.78 is 19.0. The Bertz CT molecular complexity index is 605. The van der Waals surface area contributed by atoms with Gasteiger partial charge in [0.2, 0.25) is 0 Å². The Kier molecular flexibility index (Phi) is 10.8. The second-order valence-corrected chi connectivity index (χ2v) is 7.52. The largest absolute Gasteiger partial charge is 0.489 e. The number of rotatable bonds is 11. The van der Waals surface area contributed by atoms with Crippen molar-refractivity contribution in [1.29, 1.82) is 0 Å². The number of ether oxygens (including phenoxy) is 1. The van der Waals surface area contributed by atoms with Gasteiger partial charge in [0, 0.05) is 45.3 Å². The summed E-state index contributed by atoms with van der Waals surface area (Å²) in [6, 6.07) is 6.21. The molecule has 2 rings (SSSR count). The molecule has 1 aromatic carbocycles. The van der Waals surface area contributed by atoms with Gasteiger partial charge in [-0.05, 0) is 51.9 Å². The number of hydrogen-bond donors (Lipinski definition) is 2. The van der Waals surface area contributed by atoms with Crippen molar-refractivity contribution in [3.05, 3.63) is 30.1 Å². The molecule has 1 aliphatic heterocycles. The Morgan fingerprint density at radius 3 is 2.59 bits per heavy atom. The number of aliphatic imine (C=N–C) groups is 1. The Balaban J connectivity index is 1.64. The standard InChI is InChI=1S/C22H38FN5O/c1-4-24-22(26-18-19(3)29-21-10-8-9-20(23)17-21)25-11-6-7-12-28-15-13-27(5-2)14-16-28/h8-10,17,19H,4-7,11-16,18H2,1-3H3,(H2,24,25,26). The van der Waals surface area contributed by atoms with Gasteiger partial charge in [-0.1, -0.05) is 13.0 Å². The fourth-order valence-electron chi connectivity index (χ4n) is 3.37. The normalized spacial score (nSPS) is 17.2. The van der Waals surface area contributed by atoms with Crippen LogP contribution in [0, 0.1) is 5.82 Å². The van der Waals surface area contributed by atoms with E-state index in [1.807, 2.05) is 6.92 Å². The van der Waals surface area contributed by atoms with Crippen LogP contribution in [-0.2, 0) is 0 Å². The van der Waals surface area contributed by atoms with E-state index in [1.54, 1.807) is 12.1 Å². The lowest BCUT2D eigenvalue weighted by molar-refractivity contribution is 0.136. The number of halogens is 1. The van der Waals surface area contributed by atoms with E-state index in [4.69, 9.17) is 4.74 Å². The molecule has 2 N–H and O–H groups in total. The molecule has 1 aromatic rings. The molecule has 0 saturated carbocycles. The minimum Gasteiger partial charge on any atom is -0.489 e. The lowest BCUT2D eigenvalue weighted by Crippen LogP contribution is -2.46. The van der Waals surface area contributed by atoms with Gasteiger partial charge < -0.3 is 25.2 Å². The first kappa shape index (κ1) is 23.4. The van der Waals surface area contributed by atoms with Gasteiger partial charge in [0.1, 0.15) is 17.7 Å². The van der Waals surface area contributed by atoms with Crippen molar-refractivity contribution in [3.8, 4) is 5.75 Å². The van der Waals surface area contributed by atoms with E-state index in [1.165, 1.54) is 51.3 Å². The Morgan fingerprint density at radius 1 is 1.14 bits per heavy atom. The SMILES string of the molecule is CCNC(=NCC(C)Oc1cccc(F)c1)NCCCCN1CCN(CC)CC1. The highest BCUT2D eigenvalue weighted by molar-refractivity contribution is 5.79. The average molecular weight is 408 g/mol. The van der Waals surface area contributed by atoms with Gasteiger partial charge in [-0.2, -0.15) is 0 Å². The Morgan fingerprint density at radius 2 is 1.90 bits per heavy atom. The zero-order chi connectivity index (χ0) is 20.9. The van der Waals surface area contributed by atoms with Crippen molar-refractivity contribution in [2.24, 2.45) is 4.99 Å². The fraction of sp³-hybridized carbons (Fsp3) is 0.682. The molecule has 0 bridgehead atoms. The lowest BCUT2D eigenvalue weighted by Gasteiger charge is -2.34. The number of likely N-dealkylation sites (N-methyl/N-ethyl adjacent to an activating group) is 1. The number of benzene rings is 1.